The average Bonchev–Trinajstić information content (AvgIpc) is 3.27. The average molecular weight is 449 g/mol. The van der Waals surface area contributed by atoms with Crippen molar-refractivity contribution in [2.45, 2.75) is 37.2 Å². The summed E-state index contributed by atoms with van der Waals surface area (Å²) in [7, 11) is 0. The molecule has 0 saturated heterocycles. The van der Waals surface area contributed by atoms with E-state index in [0.29, 0.717) is 34.5 Å². The minimum Gasteiger partial charge on any atom is -0.446 e. The van der Waals surface area contributed by atoms with E-state index < -0.39 is 0 Å². The topological polar surface area (TPSA) is 73.0 Å². The van der Waals surface area contributed by atoms with Crippen LogP contribution in [-0.2, 0) is 11.3 Å². The number of hydrogen-bond acceptors (Lipinski definition) is 5. The fraction of sp³-hybridized carbons (Fsp3) is 0.316. The van der Waals surface area contributed by atoms with Crippen LogP contribution >= 0.6 is 27.7 Å². The molecule has 0 aliphatic rings. The van der Waals surface area contributed by atoms with Gasteiger partial charge >= 0.3 is 0 Å². The second kappa shape index (κ2) is 9.23. The quantitative estimate of drug-likeness (QED) is 0.518. The lowest BCUT2D eigenvalue weighted by atomic mass is 10.2. The van der Waals surface area contributed by atoms with Crippen LogP contribution in [0.2, 0.25) is 0 Å². The zero-order valence-corrected chi connectivity index (χ0v) is 17.6. The Morgan fingerprint density at radius 3 is 2.70 bits per heavy atom. The zero-order chi connectivity index (χ0) is 19.2. The van der Waals surface area contributed by atoms with E-state index in [0.717, 1.165) is 12.0 Å². The third-order valence-corrected chi connectivity index (χ3v) is 5.40. The number of carbonyl (C=O) groups excluding carboxylic acids is 1. The molecule has 3 aromatic rings. The number of benzene rings is 1. The summed E-state index contributed by atoms with van der Waals surface area (Å²) in [6.07, 6.45) is 0.908. The molecule has 0 radical (unpaired) electrons. The highest BCUT2D eigenvalue weighted by molar-refractivity contribution is 9.10. The Balaban J connectivity index is 1.89. The summed E-state index contributed by atoms with van der Waals surface area (Å²) in [6.45, 7) is 5.17. The molecule has 1 aromatic carbocycles. The van der Waals surface area contributed by atoms with Gasteiger partial charge in [0.05, 0.1) is 11.8 Å². The van der Waals surface area contributed by atoms with Crippen LogP contribution in [0.1, 0.15) is 25.8 Å². The van der Waals surface area contributed by atoms with Crippen molar-refractivity contribution in [1.82, 2.24) is 20.1 Å². The number of aromatic nitrogens is 3. The number of carbonyl (C=O) groups is 1. The Morgan fingerprint density at radius 1 is 1.26 bits per heavy atom. The molecule has 0 aliphatic carbocycles. The van der Waals surface area contributed by atoms with Crippen molar-refractivity contribution < 1.29 is 9.21 Å². The van der Waals surface area contributed by atoms with E-state index in [1.807, 2.05) is 60.9 Å². The van der Waals surface area contributed by atoms with E-state index in [1.54, 1.807) is 0 Å². The Morgan fingerprint density at radius 2 is 2.04 bits per heavy atom. The van der Waals surface area contributed by atoms with E-state index in [-0.39, 0.29) is 11.2 Å². The summed E-state index contributed by atoms with van der Waals surface area (Å²) in [6, 6.07) is 13.7. The van der Waals surface area contributed by atoms with Crippen LogP contribution in [0, 0.1) is 0 Å². The molecule has 3 rings (SSSR count). The SMILES string of the molecule is CCCNC(=O)C(C)Sc1nnc(-c2ccc(Br)o2)n1Cc1ccccc1. The lowest BCUT2D eigenvalue weighted by molar-refractivity contribution is -0.120. The van der Waals surface area contributed by atoms with Gasteiger partial charge in [0.15, 0.2) is 15.6 Å². The molecule has 8 heteroatoms. The molecule has 142 valence electrons. The van der Waals surface area contributed by atoms with E-state index in [2.05, 4.69) is 31.4 Å². The first-order valence-corrected chi connectivity index (χ1v) is 10.4. The van der Waals surface area contributed by atoms with Crippen LogP contribution in [0.5, 0.6) is 0 Å². The number of hydrogen-bond donors (Lipinski definition) is 1. The predicted molar refractivity (Wildman–Crippen MR) is 110 cm³/mol. The molecule has 2 aromatic heterocycles. The number of nitrogens with zero attached hydrogens (tertiary/aromatic N) is 3. The highest BCUT2D eigenvalue weighted by atomic mass is 79.9. The van der Waals surface area contributed by atoms with Crippen molar-refractivity contribution in [2.24, 2.45) is 0 Å². The van der Waals surface area contributed by atoms with Crippen molar-refractivity contribution in [1.29, 1.82) is 0 Å². The third-order valence-electron chi connectivity index (χ3n) is 3.89. The Bertz CT molecular complexity index is 894. The summed E-state index contributed by atoms with van der Waals surface area (Å²) >= 11 is 4.72. The monoisotopic (exact) mass is 448 g/mol. The van der Waals surface area contributed by atoms with E-state index >= 15 is 0 Å². The number of rotatable bonds is 8. The maximum absolute atomic E-state index is 12.2. The molecule has 2 heterocycles. The first-order chi connectivity index (χ1) is 13.1. The first-order valence-electron chi connectivity index (χ1n) is 8.75. The van der Waals surface area contributed by atoms with Crippen molar-refractivity contribution in [3.05, 3.63) is 52.7 Å². The van der Waals surface area contributed by atoms with Gasteiger partial charge in [-0.1, -0.05) is 49.0 Å². The van der Waals surface area contributed by atoms with E-state index in [1.165, 1.54) is 11.8 Å². The number of halogens is 1. The first kappa shape index (κ1) is 19.7. The number of nitrogens with one attached hydrogen (secondary N) is 1. The lowest BCUT2D eigenvalue weighted by Crippen LogP contribution is -2.31. The van der Waals surface area contributed by atoms with E-state index in [9.17, 15) is 4.79 Å². The minimum atomic E-state index is -0.272. The van der Waals surface area contributed by atoms with Crippen LogP contribution < -0.4 is 5.32 Å². The van der Waals surface area contributed by atoms with Gasteiger partial charge in [-0.15, -0.1) is 10.2 Å². The number of furan rings is 1. The molecule has 1 amide bonds. The third kappa shape index (κ3) is 5.01. The summed E-state index contributed by atoms with van der Waals surface area (Å²) < 4.78 is 8.29. The van der Waals surface area contributed by atoms with Gasteiger partial charge < -0.3 is 9.73 Å². The molecule has 0 bridgehead atoms. The van der Waals surface area contributed by atoms with Crippen molar-refractivity contribution in [3.63, 3.8) is 0 Å². The van der Waals surface area contributed by atoms with Crippen molar-refractivity contribution in [2.75, 3.05) is 6.54 Å². The van der Waals surface area contributed by atoms with Gasteiger partial charge in [-0.05, 0) is 47.0 Å². The van der Waals surface area contributed by atoms with Gasteiger partial charge in [0, 0.05) is 6.54 Å². The standard InChI is InChI=1S/C19H21BrN4O2S/c1-3-11-21-18(25)13(2)27-19-23-22-17(15-9-10-16(20)26-15)24(19)12-14-7-5-4-6-8-14/h4-10,13H,3,11-12H2,1-2H3,(H,21,25). The van der Waals surface area contributed by atoms with Crippen LogP contribution in [0.25, 0.3) is 11.6 Å². The second-order valence-corrected chi connectivity index (χ2v) is 8.12. The van der Waals surface area contributed by atoms with Crippen molar-refractivity contribution >= 4 is 33.6 Å². The van der Waals surface area contributed by atoms with Crippen molar-refractivity contribution in [3.8, 4) is 11.6 Å². The van der Waals surface area contributed by atoms with E-state index in [4.69, 9.17) is 4.42 Å². The predicted octanol–water partition coefficient (Wildman–Crippen LogP) is 4.36. The maximum Gasteiger partial charge on any atom is 0.233 e. The van der Waals surface area contributed by atoms with Gasteiger partial charge in [0.1, 0.15) is 0 Å². The molecule has 27 heavy (non-hydrogen) atoms. The lowest BCUT2D eigenvalue weighted by Gasteiger charge is -2.13. The fourth-order valence-electron chi connectivity index (χ4n) is 2.50. The molecule has 1 unspecified atom stereocenters. The highest BCUT2D eigenvalue weighted by Gasteiger charge is 2.22. The summed E-state index contributed by atoms with van der Waals surface area (Å²) in [4.78, 5) is 12.2. The Hall–Kier alpha value is -2.06. The van der Waals surface area contributed by atoms with Crippen LogP contribution in [-0.4, -0.2) is 32.5 Å². The summed E-state index contributed by atoms with van der Waals surface area (Å²) in [5.41, 5.74) is 1.12. The largest absolute Gasteiger partial charge is 0.446 e. The molecular weight excluding hydrogens is 428 g/mol. The smallest absolute Gasteiger partial charge is 0.233 e. The van der Waals surface area contributed by atoms with Gasteiger partial charge in [-0.2, -0.15) is 0 Å². The Kier molecular flexibility index (Phi) is 6.73. The van der Waals surface area contributed by atoms with Gasteiger partial charge in [-0.3, -0.25) is 9.36 Å². The fourth-order valence-corrected chi connectivity index (χ4v) is 3.68. The molecule has 0 spiro atoms. The van der Waals surface area contributed by atoms with Gasteiger partial charge in [0.2, 0.25) is 11.7 Å². The number of amides is 1. The van der Waals surface area contributed by atoms with Gasteiger partial charge in [0.25, 0.3) is 0 Å². The zero-order valence-electron chi connectivity index (χ0n) is 15.2. The molecule has 0 fully saturated rings. The van der Waals surface area contributed by atoms with Crippen LogP contribution in [0.15, 0.2) is 56.7 Å². The second-order valence-electron chi connectivity index (χ2n) is 6.03. The summed E-state index contributed by atoms with van der Waals surface area (Å²) in [5, 5.41) is 12.0. The molecule has 1 N–H and O–H groups in total. The normalized spacial score (nSPS) is 12.1. The summed E-state index contributed by atoms with van der Waals surface area (Å²) in [5.74, 6) is 1.26. The molecule has 6 nitrogen and oxygen atoms in total. The molecule has 1 atom stereocenters. The molecule has 0 aliphatic heterocycles. The molecule has 0 saturated carbocycles. The number of thioether (sulfide) groups is 1. The maximum atomic E-state index is 12.2. The van der Waals surface area contributed by atoms with Crippen LogP contribution in [0.4, 0.5) is 0 Å². The highest BCUT2D eigenvalue weighted by Crippen LogP contribution is 2.29. The minimum absolute atomic E-state index is 0.00148. The molecular formula is C19H21BrN4O2S. The Labute approximate surface area is 170 Å². The van der Waals surface area contributed by atoms with Gasteiger partial charge in [-0.25, -0.2) is 0 Å². The van der Waals surface area contributed by atoms with Crippen LogP contribution in [0.3, 0.4) is 0 Å².